The fourth-order valence-corrected chi connectivity index (χ4v) is 4.19. The first-order valence-corrected chi connectivity index (χ1v) is 9.78. The summed E-state index contributed by atoms with van der Waals surface area (Å²) in [5.74, 6) is -4.04. The van der Waals surface area contributed by atoms with Crippen molar-refractivity contribution in [3.63, 3.8) is 0 Å². The Morgan fingerprint density at radius 1 is 0.758 bits per heavy atom. The van der Waals surface area contributed by atoms with Crippen molar-refractivity contribution in [3.8, 4) is 34.5 Å². The number of fused-ring (bicyclic) bond motifs is 2. The van der Waals surface area contributed by atoms with Crippen molar-refractivity contribution < 1.29 is 39.5 Å². The van der Waals surface area contributed by atoms with Crippen LogP contribution >= 0.6 is 0 Å². The number of phenolic OH excluding ortho intramolecular Hbond substituents is 5. The van der Waals surface area contributed by atoms with Crippen molar-refractivity contribution in [1.82, 2.24) is 0 Å². The van der Waals surface area contributed by atoms with E-state index in [1.807, 2.05) is 0 Å². The molecule has 0 amide bonds. The zero-order valence-electron chi connectivity index (χ0n) is 16.7. The van der Waals surface area contributed by atoms with Crippen molar-refractivity contribution in [2.24, 2.45) is 0 Å². The number of Topliss-reactive ketones (excluding diaryl/α,β-unsaturated/α-hetero) is 1. The molecule has 9 heteroatoms. The third-order valence-corrected chi connectivity index (χ3v) is 5.61. The predicted octanol–water partition coefficient (Wildman–Crippen LogP) is 3.42. The van der Waals surface area contributed by atoms with Gasteiger partial charge in [0.25, 0.3) is 0 Å². The van der Waals surface area contributed by atoms with Crippen LogP contribution in [0, 0.1) is 0 Å². The average molecular weight is 448 g/mol. The SMILES string of the molecule is O=C1c2c(O)cc(O)cc2O[C@H](c2ccc(O)cc2)[C@H]1c1c(O)cc(O)c2c(=O)ccoc12. The van der Waals surface area contributed by atoms with Crippen molar-refractivity contribution in [1.29, 1.82) is 0 Å². The molecule has 166 valence electrons. The second-order valence-electron chi connectivity index (χ2n) is 7.63. The standard InChI is InChI=1S/C24H16O9/c25-11-3-1-10(2-4-11)23-21(22(31)19-14(28)7-12(26)8-17(19)33-23)20-16(30)9-15(29)18-13(27)5-6-32-24(18)20/h1-9,21,23,25-26,28-30H/t21-,23+/m0/s1. The summed E-state index contributed by atoms with van der Waals surface area (Å²) in [6.07, 6.45) is -0.0452. The fraction of sp³-hybridized carbons (Fsp3) is 0.0833. The van der Waals surface area contributed by atoms with Crippen LogP contribution in [-0.4, -0.2) is 31.3 Å². The lowest BCUT2D eigenvalue weighted by molar-refractivity contribution is 0.0772. The second kappa shape index (κ2) is 7.20. The highest BCUT2D eigenvalue weighted by Crippen LogP contribution is 2.51. The Hall–Kier alpha value is -4.66. The largest absolute Gasteiger partial charge is 0.508 e. The van der Waals surface area contributed by atoms with Crippen molar-refractivity contribution in [3.05, 3.63) is 81.7 Å². The number of hydrogen-bond donors (Lipinski definition) is 5. The van der Waals surface area contributed by atoms with Gasteiger partial charge in [-0.05, 0) is 17.7 Å². The number of ketones is 1. The van der Waals surface area contributed by atoms with Gasteiger partial charge in [-0.1, -0.05) is 12.1 Å². The monoisotopic (exact) mass is 448 g/mol. The Bertz CT molecular complexity index is 1490. The van der Waals surface area contributed by atoms with Crippen LogP contribution < -0.4 is 10.2 Å². The average Bonchev–Trinajstić information content (AvgIpc) is 2.74. The number of phenols is 5. The molecule has 3 aromatic carbocycles. The van der Waals surface area contributed by atoms with Gasteiger partial charge in [0, 0.05) is 24.3 Å². The smallest absolute Gasteiger partial charge is 0.196 e. The minimum absolute atomic E-state index is 0.0305. The zero-order chi connectivity index (χ0) is 23.4. The van der Waals surface area contributed by atoms with Crippen LogP contribution in [0.15, 0.2) is 64.0 Å². The van der Waals surface area contributed by atoms with E-state index in [0.29, 0.717) is 5.56 Å². The van der Waals surface area contributed by atoms with Crippen LogP contribution in [0.3, 0.4) is 0 Å². The highest BCUT2D eigenvalue weighted by molar-refractivity contribution is 6.09. The summed E-state index contributed by atoms with van der Waals surface area (Å²) < 4.78 is 11.5. The van der Waals surface area contributed by atoms with E-state index in [-0.39, 0.29) is 39.3 Å². The minimum Gasteiger partial charge on any atom is -0.508 e. The molecule has 0 saturated heterocycles. The molecule has 5 rings (SSSR count). The molecule has 2 heterocycles. The number of carbonyl (C=O) groups is 1. The Labute approximate surface area is 185 Å². The summed E-state index contributed by atoms with van der Waals surface area (Å²) in [6, 6.07) is 9.94. The summed E-state index contributed by atoms with van der Waals surface area (Å²) >= 11 is 0. The highest BCUT2D eigenvalue weighted by atomic mass is 16.5. The van der Waals surface area contributed by atoms with Gasteiger partial charge in [-0.3, -0.25) is 9.59 Å². The number of ether oxygens (including phenoxy) is 1. The van der Waals surface area contributed by atoms with E-state index >= 15 is 0 Å². The molecule has 0 bridgehead atoms. The normalized spacial score (nSPS) is 17.5. The second-order valence-corrected chi connectivity index (χ2v) is 7.63. The van der Waals surface area contributed by atoms with Crippen LogP contribution in [-0.2, 0) is 0 Å². The maximum absolute atomic E-state index is 13.7. The fourth-order valence-electron chi connectivity index (χ4n) is 4.19. The number of benzene rings is 3. The van der Waals surface area contributed by atoms with E-state index in [1.54, 1.807) is 0 Å². The lowest BCUT2D eigenvalue weighted by Crippen LogP contribution is -2.30. The molecule has 0 fully saturated rings. The van der Waals surface area contributed by atoms with Crippen molar-refractivity contribution in [2.45, 2.75) is 12.0 Å². The number of aromatic hydroxyl groups is 5. The van der Waals surface area contributed by atoms with Gasteiger partial charge in [0.05, 0.1) is 17.7 Å². The first-order chi connectivity index (χ1) is 15.8. The molecule has 1 aliphatic heterocycles. The molecule has 0 saturated carbocycles. The maximum Gasteiger partial charge on any atom is 0.196 e. The van der Waals surface area contributed by atoms with E-state index in [9.17, 15) is 35.1 Å². The Morgan fingerprint density at radius 2 is 1.48 bits per heavy atom. The Kier molecular flexibility index (Phi) is 4.42. The van der Waals surface area contributed by atoms with E-state index in [0.717, 1.165) is 24.5 Å². The summed E-state index contributed by atoms with van der Waals surface area (Å²) in [5, 5.41) is 50.7. The quantitative estimate of drug-likeness (QED) is 0.310. The molecule has 0 radical (unpaired) electrons. The molecule has 1 aliphatic rings. The molecule has 0 unspecified atom stereocenters. The van der Waals surface area contributed by atoms with E-state index in [4.69, 9.17) is 9.15 Å². The van der Waals surface area contributed by atoms with Crippen LogP contribution in [0.1, 0.15) is 33.5 Å². The van der Waals surface area contributed by atoms with E-state index in [1.165, 1.54) is 30.3 Å². The van der Waals surface area contributed by atoms with Gasteiger partial charge >= 0.3 is 0 Å². The van der Waals surface area contributed by atoms with E-state index in [2.05, 4.69) is 0 Å². The topological polar surface area (TPSA) is 158 Å². The first-order valence-electron chi connectivity index (χ1n) is 9.78. The Balaban J connectivity index is 1.84. The minimum atomic E-state index is -1.33. The van der Waals surface area contributed by atoms with Gasteiger partial charge in [0.2, 0.25) is 0 Å². The molecular formula is C24H16O9. The number of hydrogen-bond acceptors (Lipinski definition) is 9. The third kappa shape index (κ3) is 3.09. The van der Waals surface area contributed by atoms with Crippen LogP contribution in [0.2, 0.25) is 0 Å². The van der Waals surface area contributed by atoms with Gasteiger partial charge < -0.3 is 34.7 Å². The molecule has 4 aromatic rings. The van der Waals surface area contributed by atoms with Crippen LogP contribution in [0.4, 0.5) is 0 Å². The molecular weight excluding hydrogens is 432 g/mol. The van der Waals surface area contributed by atoms with Gasteiger partial charge in [-0.2, -0.15) is 0 Å². The van der Waals surface area contributed by atoms with Gasteiger partial charge in [-0.15, -0.1) is 0 Å². The van der Waals surface area contributed by atoms with Crippen molar-refractivity contribution in [2.75, 3.05) is 0 Å². The lowest BCUT2D eigenvalue weighted by atomic mass is 9.79. The number of carbonyl (C=O) groups excluding carboxylic acids is 1. The molecule has 33 heavy (non-hydrogen) atoms. The van der Waals surface area contributed by atoms with Crippen LogP contribution in [0.25, 0.3) is 11.0 Å². The molecule has 0 aliphatic carbocycles. The Morgan fingerprint density at radius 3 is 2.21 bits per heavy atom. The molecule has 0 spiro atoms. The summed E-state index contributed by atoms with van der Waals surface area (Å²) in [7, 11) is 0. The summed E-state index contributed by atoms with van der Waals surface area (Å²) in [6.45, 7) is 0. The van der Waals surface area contributed by atoms with E-state index < -0.39 is 40.5 Å². The molecule has 1 aromatic heterocycles. The first kappa shape index (κ1) is 20.3. The van der Waals surface area contributed by atoms with Crippen molar-refractivity contribution >= 4 is 16.8 Å². The van der Waals surface area contributed by atoms with Gasteiger partial charge in [-0.25, -0.2) is 0 Å². The highest BCUT2D eigenvalue weighted by Gasteiger charge is 2.44. The van der Waals surface area contributed by atoms with Gasteiger partial charge in [0.15, 0.2) is 11.2 Å². The summed E-state index contributed by atoms with van der Waals surface area (Å²) in [5.41, 5.74) is -0.743. The number of rotatable bonds is 2. The lowest BCUT2D eigenvalue weighted by Gasteiger charge is -2.34. The van der Waals surface area contributed by atoms with Crippen LogP contribution in [0.5, 0.6) is 34.5 Å². The third-order valence-electron chi connectivity index (χ3n) is 5.61. The zero-order valence-corrected chi connectivity index (χ0v) is 16.7. The van der Waals surface area contributed by atoms with Gasteiger partial charge in [0.1, 0.15) is 57.1 Å². The summed E-state index contributed by atoms with van der Waals surface area (Å²) in [4.78, 5) is 26.1. The maximum atomic E-state index is 13.7. The predicted molar refractivity (Wildman–Crippen MR) is 114 cm³/mol. The molecule has 5 N–H and O–H groups in total. The molecule has 9 nitrogen and oxygen atoms in total. The molecule has 2 atom stereocenters.